The topological polar surface area (TPSA) is 76.5 Å². The van der Waals surface area contributed by atoms with Crippen LogP contribution in [0.5, 0.6) is 0 Å². The molecular weight excluding hydrogens is 344 g/mol. The molecule has 1 aromatic carbocycles. The normalized spacial score (nSPS) is 17.0. The van der Waals surface area contributed by atoms with Gasteiger partial charge in [0, 0.05) is 12.7 Å². The third kappa shape index (κ3) is 5.09. The van der Waals surface area contributed by atoms with Crippen molar-refractivity contribution in [2.24, 2.45) is 0 Å². The van der Waals surface area contributed by atoms with Crippen molar-refractivity contribution in [3.8, 4) is 0 Å². The largest absolute Gasteiger partial charge is 0.444 e. The van der Waals surface area contributed by atoms with E-state index in [2.05, 4.69) is 10.4 Å². The first kappa shape index (κ1) is 18.9. The van der Waals surface area contributed by atoms with Crippen molar-refractivity contribution >= 4 is 17.7 Å². The molecular formula is C20H26N4O3. The Labute approximate surface area is 159 Å². The van der Waals surface area contributed by atoms with Crippen LogP contribution in [0.15, 0.2) is 42.7 Å². The van der Waals surface area contributed by atoms with E-state index in [9.17, 15) is 9.59 Å². The summed E-state index contributed by atoms with van der Waals surface area (Å²) in [5.41, 5.74) is 1.16. The van der Waals surface area contributed by atoms with Crippen molar-refractivity contribution < 1.29 is 14.3 Å². The molecule has 2 aromatic rings. The summed E-state index contributed by atoms with van der Waals surface area (Å²) in [7, 11) is 0. The van der Waals surface area contributed by atoms with Crippen molar-refractivity contribution in [3.63, 3.8) is 0 Å². The lowest BCUT2D eigenvalue weighted by molar-refractivity contribution is -0.120. The van der Waals surface area contributed by atoms with E-state index >= 15 is 0 Å². The first-order chi connectivity index (χ1) is 12.8. The average molecular weight is 370 g/mol. The fraction of sp³-hybridized carbons (Fsp3) is 0.450. The number of hydrogen-bond donors (Lipinski definition) is 1. The van der Waals surface area contributed by atoms with Gasteiger partial charge in [0.2, 0.25) is 5.91 Å². The number of likely N-dealkylation sites (tertiary alicyclic amines) is 1. The number of benzene rings is 1. The minimum Gasteiger partial charge on any atom is -0.444 e. The van der Waals surface area contributed by atoms with Crippen LogP contribution < -0.4 is 5.32 Å². The van der Waals surface area contributed by atoms with Crippen LogP contribution in [0.4, 0.5) is 10.5 Å². The van der Waals surface area contributed by atoms with Crippen LogP contribution in [-0.2, 0) is 16.1 Å². The highest BCUT2D eigenvalue weighted by Crippen LogP contribution is 2.22. The van der Waals surface area contributed by atoms with Gasteiger partial charge >= 0.3 is 6.09 Å². The second-order valence-corrected chi connectivity index (χ2v) is 7.73. The monoisotopic (exact) mass is 370 g/mol. The number of carbonyl (C=O) groups is 2. The number of nitrogens with one attached hydrogen (secondary N) is 1. The van der Waals surface area contributed by atoms with Gasteiger partial charge in [0.1, 0.15) is 11.6 Å². The predicted molar refractivity (Wildman–Crippen MR) is 102 cm³/mol. The zero-order valence-corrected chi connectivity index (χ0v) is 16.0. The van der Waals surface area contributed by atoms with Crippen LogP contribution >= 0.6 is 0 Å². The molecule has 0 spiro atoms. The van der Waals surface area contributed by atoms with E-state index < -0.39 is 17.7 Å². The number of carbonyl (C=O) groups excluding carboxylic acids is 2. The molecule has 0 saturated carbocycles. The fourth-order valence-electron chi connectivity index (χ4n) is 3.09. The Bertz CT molecular complexity index is 795. The van der Waals surface area contributed by atoms with E-state index in [4.69, 9.17) is 4.74 Å². The van der Waals surface area contributed by atoms with E-state index in [-0.39, 0.29) is 5.91 Å². The van der Waals surface area contributed by atoms with Crippen LogP contribution in [0.2, 0.25) is 0 Å². The van der Waals surface area contributed by atoms with Crippen LogP contribution in [0, 0.1) is 0 Å². The quantitative estimate of drug-likeness (QED) is 0.896. The third-order valence-electron chi connectivity index (χ3n) is 4.27. The average Bonchev–Trinajstić information content (AvgIpc) is 3.23. The smallest absolute Gasteiger partial charge is 0.410 e. The fourth-order valence-corrected chi connectivity index (χ4v) is 3.09. The summed E-state index contributed by atoms with van der Waals surface area (Å²) in [5.74, 6) is -0.211. The molecule has 1 unspecified atom stereocenters. The summed E-state index contributed by atoms with van der Waals surface area (Å²) in [4.78, 5) is 26.5. The number of amides is 2. The molecule has 27 heavy (non-hydrogen) atoms. The zero-order chi connectivity index (χ0) is 19.4. The lowest BCUT2D eigenvalue weighted by Crippen LogP contribution is -2.45. The Hall–Kier alpha value is -2.83. The van der Waals surface area contributed by atoms with Gasteiger partial charge in [-0.25, -0.2) is 4.79 Å². The van der Waals surface area contributed by atoms with E-state index in [0.29, 0.717) is 25.2 Å². The molecule has 1 fully saturated rings. The van der Waals surface area contributed by atoms with Crippen molar-refractivity contribution in [2.75, 3.05) is 11.9 Å². The molecule has 3 rings (SSSR count). The van der Waals surface area contributed by atoms with Gasteiger partial charge in [0.15, 0.2) is 0 Å². The lowest BCUT2D eigenvalue weighted by Gasteiger charge is -2.27. The highest BCUT2D eigenvalue weighted by molar-refractivity contribution is 5.96. The molecule has 1 aromatic heterocycles. The summed E-state index contributed by atoms with van der Waals surface area (Å²) in [6.07, 6.45) is 4.37. The van der Waals surface area contributed by atoms with Crippen LogP contribution in [-0.4, -0.2) is 44.9 Å². The van der Waals surface area contributed by atoms with Gasteiger partial charge in [-0.2, -0.15) is 5.10 Å². The Balaban J connectivity index is 1.60. The molecule has 1 atom stereocenters. The van der Waals surface area contributed by atoms with Crippen molar-refractivity contribution in [1.29, 1.82) is 0 Å². The molecule has 0 bridgehead atoms. The highest BCUT2D eigenvalue weighted by atomic mass is 16.6. The standard InChI is InChI=1S/C20H26N4O3/c1-20(2,3)27-19(26)24-11-7-10-17(24)18(25)22-16-12-21-23(14-16)13-15-8-5-4-6-9-15/h4-6,8-9,12,14,17H,7,10-11,13H2,1-3H3,(H,22,25). The summed E-state index contributed by atoms with van der Waals surface area (Å²) >= 11 is 0. The van der Waals surface area contributed by atoms with Gasteiger partial charge in [0.25, 0.3) is 0 Å². The number of anilines is 1. The van der Waals surface area contributed by atoms with Gasteiger partial charge in [-0.05, 0) is 39.2 Å². The van der Waals surface area contributed by atoms with Gasteiger partial charge in [-0.1, -0.05) is 30.3 Å². The number of aromatic nitrogens is 2. The lowest BCUT2D eigenvalue weighted by atomic mass is 10.2. The van der Waals surface area contributed by atoms with Gasteiger partial charge in [0.05, 0.1) is 18.4 Å². The number of rotatable bonds is 4. The second kappa shape index (κ2) is 7.82. The Morgan fingerprint density at radius 3 is 2.70 bits per heavy atom. The Kier molecular flexibility index (Phi) is 5.48. The van der Waals surface area contributed by atoms with Crippen LogP contribution in [0.25, 0.3) is 0 Å². The third-order valence-corrected chi connectivity index (χ3v) is 4.27. The minimum atomic E-state index is -0.584. The molecule has 7 heteroatoms. The summed E-state index contributed by atoms with van der Waals surface area (Å²) in [6, 6.07) is 9.46. The van der Waals surface area contributed by atoms with E-state index in [1.165, 1.54) is 4.90 Å². The van der Waals surface area contributed by atoms with Crippen LogP contribution in [0.1, 0.15) is 39.2 Å². The Morgan fingerprint density at radius 1 is 1.26 bits per heavy atom. The zero-order valence-electron chi connectivity index (χ0n) is 16.0. The summed E-state index contributed by atoms with van der Waals surface area (Å²) in [5, 5.41) is 7.16. The van der Waals surface area contributed by atoms with Crippen molar-refractivity contribution in [1.82, 2.24) is 14.7 Å². The van der Waals surface area contributed by atoms with Crippen molar-refractivity contribution in [2.45, 2.75) is 51.8 Å². The maximum absolute atomic E-state index is 12.7. The number of nitrogens with zero attached hydrogens (tertiary/aromatic N) is 3. The molecule has 2 heterocycles. The number of hydrogen-bond acceptors (Lipinski definition) is 4. The molecule has 2 amide bonds. The summed E-state index contributed by atoms with van der Waals surface area (Å²) in [6.45, 7) is 6.61. The maximum atomic E-state index is 12.7. The highest BCUT2D eigenvalue weighted by Gasteiger charge is 2.36. The molecule has 1 N–H and O–H groups in total. The SMILES string of the molecule is CC(C)(C)OC(=O)N1CCCC1C(=O)Nc1cnn(Cc2ccccc2)c1. The first-order valence-electron chi connectivity index (χ1n) is 9.19. The minimum absolute atomic E-state index is 0.211. The molecule has 7 nitrogen and oxygen atoms in total. The Morgan fingerprint density at radius 2 is 2.00 bits per heavy atom. The van der Waals surface area contributed by atoms with E-state index in [1.54, 1.807) is 17.1 Å². The molecule has 1 saturated heterocycles. The maximum Gasteiger partial charge on any atom is 0.410 e. The second-order valence-electron chi connectivity index (χ2n) is 7.73. The van der Waals surface area contributed by atoms with E-state index in [0.717, 1.165) is 12.0 Å². The molecule has 1 aliphatic heterocycles. The molecule has 0 aliphatic carbocycles. The molecule has 0 radical (unpaired) electrons. The van der Waals surface area contributed by atoms with E-state index in [1.807, 2.05) is 51.1 Å². The van der Waals surface area contributed by atoms with Gasteiger partial charge < -0.3 is 10.1 Å². The van der Waals surface area contributed by atoms with Crippen LogP contribution in [0.3, 0.4) is 0 Å². The predicted octanol–water partition coefficient (Wildman–Crippen LogP) is 3.27. The summed E-state index contributed by atoms with van der Waals surface area (Å²) < 4.78 is 7.18. The number of ether oxygens (including phenoxy) is 1. The van der Waals surface area contributed by atoms with Gasteiger partial charge in [-0.15, -0.1) is 0 Å². The van der Waals surface area contributed by atoms with Gasteiger partial charge in [-0.3, -0.25) is 14.4 Å². The van der Waals surface area contributed by atoms with Crippen molar-refractivity contribution in [3.05, 3.63) is 48.3 Å². The molecule has 1 aliphatic rings. The first-order valence-corrected chi connectivity index (χ1v) is 9.19. The molecule has 144 valence electrons.